The van der Waals surface area contributed by atoms with E-state index in [1.807, 2.05) is 24.3 Å². The smallest absolute Gasteiger partial charge is 0.240 e. The van der Waals surface area contributed by atoms with E-state index < -0.39 is 5.66 Å². The van der Waals surface area contributed by atoms with Gasteiger partial charge in [-0.1, -0.05) is 18.2 Å². The van der Waals surface area contributed by atoms with Crippen LogP contribution in [0.3, 0.4) is 0 Å². The van der Waals surface area contributed by atoms with Gasteiger partial charge in [-0.25, -0.2) is 4.98 Å². The number of benzene rings is 1. The van der Waals surface area contributed by atoms with Crippen LogP contribution in [0, 0.1) is 0 Å². The Kier molecular flexibility index (Phi) is 3.81. The summed E-state index contributed by atoms with van der Waals surface area (Å²) in [6.45, 7) is 1.48. The molecule has 1 atom stereocenters. The Morgan fingerprint density at radius 1 is 1.40 bits per heavy atom. The van der Waals surface area contributed by atoms with Gasteiger partial charge in [-0.3, -0.25) is 10.5 Å². The second kappa shape index (κ2) is 5.25. The molecule has 1 aliphatic rings. The predicted molar refractivity (Wildman–Crippen MR) is 70.9 cm³/mol. The molecule has 3 N–H and O–H groups in total. The van der Waals surface area contributed by atoms with Gasteiger partial charge in [0.2, 0.25) is 5.89 Å². The average Bonchev–Trinajstić information content (AvgIpc) is 2.83. The zero-order chi connectivity index (χ0) is 13.5. The summed E-state index contributed by atoms with van der Waals surface area (Å²) in [5.41, 5.74) is 6.96. The molecule has 0 saturated heterocycles. The van der Waals surface area contributed by atoms with Gasteiger partial charge in [0.1, 0.15) is 5.52 Å². The van der Waals surface area contributed by atoms with Crippen molar-refractivity contribution < 1.29 is 26.3 Å². The fourth-order valence-electron chi connectivity index (χ4n) is 1.98. The van der Waals surface area contributed by atoms with E-state index in [0.717, 1.165) is 5.52 Å². The van der Waals surface area contributed by atoms with Crippen molar-refractivity contribution in [3.8, 4) is 0 Å². The van der Waals surface area contributed by atoms with Gasteiger partial charge in [0, 0.05) is 24.0 Å². The maximum Gasteiger partial charge on any atom is 0.240 e. The summed E-state index contributed by atoms with van der Waals surface area (Å²) in [5.74, 6) is 0.243. The Morgan fingerprint density at radius 2 is 2.15 bits per heavy atom. The molecule has 0 fully saturated rings. The first-order chi connectivity index (χ1) is 9.08. The summed E-state index contributed by atoms with van der Waals surface area (Å²) in [7, 11) is 0. The number of allylic oxidation sites excluding steroid dienone is 3. The van der Waals surface area contributed by atoms with Gasteiger partial charge >= 0.3 is 0 Å². The Morgan fingerprint density at radius 3 is 2.85 bits per heavy atom. The van der Waals surface area contributed by atoms with E-state index in [1.165, 1.54) is 6.92 Å². The van der Waals surface area contributed by atoms with Crippen LogP contribution in [-0.2, 0) is 27.5 Å². The number of nitrogens with two attached hydrogens (primary N) is 1. The number of oxazole rings is 1. The molecule has 0 saturated carbocycles. The third-order valence-corrected chi connectivity index (χ3v) is 2.99. The summed E-state index contributed by atoms with van der Waals surface area (Å²) in [6, 6.07) is 7.41. The predicted octanol–water partition coefficient (Wildman–Crippen LogP) is 1.57. The minimum Gasteiger partial charge on any atom is -0.436 e. The van der Waals surface area contributed by atoms with Gasteiger partial charge in [-0.2, -0.15) is 0 Å². The van der Waals surface area contributed by atoms with Crippen molar-refractivity contribution in [1.29, 1.82) is 0 Å². The number of dihydropyridines is 1. The maximum absolute atomic E-state index is 11.4. The van der Waals surface area contributed by atoms with Crippen LogP contribution in [0.1, 0.15) is 12.8 Å². The number of rotatable bonds is 2. The number of hydrogen-bond acceptors (Lipinski definition) is 5. The normalized spacial score (nSPS) is 21.0. The number of carbonyl (C=O) groups excluding carboxylic acids is 1. The van der Waals surface area contributed by atoms with Crippen LogP contribution in [0.2, 0.25) is 0 Å². The molecule has 5 nitrogen and oxygen atoms in total. The molecule has 1 aliphatic heterocycles. The zero-order valence-corrected chi connectivity index (χ0v) is 11.8. The van der Waals surface area contributed by atoms with E-state index in [-0.39, 0.29) is 22.9 Å². The number of nitrogens with zero attached hydrogens (tertiary/aromatic N) is 1. The molecule has 2 aromatic rings. The van der Waals surface area contributed by atoms with Crippen LogP contribution in [-0.4, -0.2) is 10.8 Å². The molecule has 1 aromatic carbocycles. The van der Waals surface area contributed by atoms with Crippen LogP contribution >= 0.6 is 0 Å². The van der Waals surface area contributed by atoms with Crippen molar-refractivity contribution in [1.82, 2.24) is 10.3 Å². The second-order valence-electron chi connectivity index (χ2n) is 4.48. The van der Waals surface area contributed by atoms with Crippen molar-refractivity contribution in [3.05, 3.63) is 54.1 Å². The molecular formula is C14H13FeN3O2. The molecule has 6 heteroatoms. The van der Waals surface area contributed by atoms with E-state index in [9.17, 15) is 4.79 Å². The molecule has 1 unspecified atom stereocenters. The number of fused-ring (bicyclic) bond motifs is 1. The monoisotopic (exact) mass is 311 g/mol. The van der Waals surface area contributed by atoms with Crippen LogP contribution in [0.4, 0.5) is 0 Å². The number of Topliss-reactive ketones (excluding diaryl/α,β-unsaturated/α-hetero) is 1. The van der Waals surface area contributed by atoms with E-state index in [0.29, 0.717) is 17.2 Å². The topological polar surface area (TPSA) is 81.2 Å². The Labute approximate surface area is 126 Å². The molecule has 0 bridgehead atoms. The number of para-hydroxylation sites is 2. The van der Waals surface area contributed by atoms with Crippen molar-refractivity contribution in [2.45, 2.75) is 12.6 Å². The van der Waals surface area contributed by atoms with Crippen LogP contribution < -0.4 is 11.1 Å². The third kappa shape index (κ3) is 2.41. The third-order valence-electron chi connectivity index (χ3n) is 2.99. The van der Waals surface area contributed by atoms with E-state index >= 15 is 0 Å². The summed E-state index contributed by atoms with van der Waals surface area (Å²) >= 11 is 0. The number of carbonyl (C=O) groups is 1. The summed E-state index contributed by atoms with van der Waals surface area (Å²) in [5, 5.41) is 2.95. The van der Waals surface area contributed by atoms with Gasteiger partial charge in [0.25, 0.3) is 0 Å². The molecule has 104 valence electrons. The summed E-state index contributed by atoms with van der Waals surface area (Å²) in [4.78, 5) is 15.8. The largest absolute Gasteiger partial charge is 0.436 e. The Bertz CT molecular complexity index is 687. The summed E-state index contributed by atoms with van der Waals surface area (Å²) < 4.78 is 5.65. The molecule has 0 amide bonds. The van der Waals surface area contributed by atoms with Crippen LogP contribution in [0.25, 0.3) is 11.1 Å². The molecule has 20 heavy (non-hydrogen) atoms. The first kappa shape index (κ1) is 14.5. The number of hydrogen-bond donors (Lipinski definition) is 2. The van der Waals surface area contributed by atoms with Gasteiger partial charge in [0.15, 0.2) is 17.0 Å². The molecule has 0 aliphatic carbocycles. The fourth-order valence-corrected chi connectivity index (χ4v) is 1.98. The molecule has 3 rings (SSSR count). The van der Waals surface area contributed by atoms with Gasteiger partial charge in [-0.05, 0) is 24.3 Å². The number of nitrogens with one attached hydrogen (secondary N) is 1. The molecule has 2 heterocycles. The zero-order valence-electron chi connectivity index (χ0n) is 10.7. The van der Waals surface area contributed by atoms with Crippen molar-refractivity contribution in [2.75, 3.05) is 0 Å². The maximum atomic E-state index is 11.4. The van der Waals surface area contributed by atoms with E-state index in [2.05, 4.69) is 10.3 Å². The first-order valence-corrected chi connectivity index (χ1v) is 5.92. The summed E-state index contributed by atoms with van der Waals surface area (Å²) in [6.07, 6.45) is 5.11. The minimum atomic E-state index is -1.10. The van der Waals surface area contributed by atoms with Gasteiger partial charge in [-0.15, -0.1) is 0 Å². The molecule has 0 radical (unpaired) electrons. The number of ketones is 1. The fraction of sp³-hybridized carbons (Fsp3) is 0.143. The second-order valence-corrected chi connectivity index (χ2v) is 4.48. The van der Waals surface area contributed by atoms with Crippen LogP contribution in [0.5, 0.6) is 0 Å². The molecule has 0 spiro atoms. The van der Waals surface area contributed by atoms with E-state index in [1.54, 1.807) is 18.2 Å². The average molecular weight is 311 g/mol. The van der Waals surface area contributed by atoms with Crippen molar-refractivity contribution >= 4 is 16.9 Å². The first-order valence-electron chi connectivity index (χ1n) is 5.92. The van der Waals surface area contributed by atoms with Crippen molar-refractivity contribution in [3.63, 3.8) is 0 Å². The standard InChI is InChI=1S/C14H13N3O2.Fe/c1-9(18)10-6-4-8-14(15,17-10)13-16-11-5-2-3-7-12(11)19-13;/h2-8,17H,15H2,1H3;. The molecule has 1 aromatic heterocycles. The minimum absolute atomic E-state index is 0. The SMILES string of the molecule is CC(=O)C1=CC=CC(N)(c2nc3ccccc3o2)N1.[Fe]. The number of aromatic nitrogens is 1. The Hall–Kier alpha value is -1.88. The van der Waals surface area contributed by atoms with Crippen molar-refractivity contribution in [2.24, 2.45) is 5.73 Å². The molecular weight excluding hydrogens is 298 g/mol. The van der Waals surface area contributed by atoms with Gasteiger partial charge in [0.05, 0.1) is 5.70 Å². The van der Waals surface area contributed by atoms with E-state index in [4.69, 9.17) is 10.2 Å². The van der Waals surface area contributed by atoms with Gasteiger partial charge < -0.3 is 9.73 Å². The van der Waals surface area contributed by atoms with Crippen LogP contribution in [0.15, 0.2) is 52.6 Å². The Balaban J connectivity index is 0.00000147. The quantitative estimate of drug-likeness (QED) is 0.823.